The zero-order valence-corrected chi connectivity index (χ0v) is 16.7. The summed E-state index contributed by atoms with van der Waals surface area (Å²) in [5.41, 5.74) is -0.0913. The predicted octanol–water partition coefficient (Wildman–Crippen LogP) is 1.26. The molecule has 0 saturated carbocycles. The highest BCUT2D eigenvalue weighted by atomic mass is 32.2. The average molecular weight is 406 g/mol. The Labute approximate surface area is 168 Å². The van der Waals surface area contributed by atoms with Gasteiger partial charge in [0, 0.05) is 23.9 Å². The topological polar surface area (TPSA) is 57.7 Å². The first kappa shape index (κ1) is 17.3. The highest BCUT2D eigenvalue weighted by molar-refractivity contribution is 8.09. The van der Waals surface area contributed by atoms with Crippen LogP contribution in [0.1, 0.15) is 0 Å². The van der Waals surface area contributed by atoms with Crippen molar-refractivity contribution >= 4 is 45.0 Å². The lowest BCUT2D eigenvalue weighted by Crippen LogP contribution is -2.41. The van der Waals surface area contributed by atoms with E-state index in [4.69, 9.17) is 0 Å². The molecule has 7 heteroatoms. The average Bonchev–Trinajstić information content (AvgIpc) is 3.27. The molecule has 0 amide bonds. The summed E-state index contributed by atoms with van der Waals surface area (Å²) in [4.78, 5) is 44.4. The third-order valence-electron chi connectivity index (χ3n) is 5.02. The molecule has 138 valence electrons. The highest BCUT2D eigenvalue weighted by Crippen LogP contribution is 2.45. The first-order chi connectivity index (χ1) is 13.5. The summed E-state index contributed by atoms with van der Waals surface area (Å²) in [6.07, 6.45) is 0. The van der Waals surface area contributed by atoms with Gasteiger partial charge in [0.25, 0.3) is 0 Å². The lowest BCUT2D eigenvalue weighted by molar-refractivity contribution is 1.22. The highest BCUT2D eigenvalue weighted by Gasteiger charge is 2.29. The Morgan fingerprint density at radius 3 is 1.39 bits per heavy atom. The van der Waals surface area contributed by atoms with Gasteiger partial charge < -0.3 is 9.80 Å². The Bertz CT molecular complexity index is 1320. The van der Waals surface area contributed by atoms with Crippen LogP contribution >= 0.6 is 23.5 Å². The normalized spacial score (nSPS) is 19.2. The number of rotatable bonds is 0. The van der Waals surface area contributed by atoms with Crippen molar-refractivity contribution in [3.8, 4) is 0 Å². The standard InChI is InChI=1S/C21H14N2O3S2/c1-22-11-7-3-5-9-13(11)27-20(22)15-17(24)16(19(26)18(15)25)21-23(2)12-8-4-6-10-14(12)28-21/h3-10H,1-2H3. The van der Waals surface area contributed by atoms with Crippen LogP contribution < -0.4 is 36.5 Å². The zero-order chi connectivity index (χ0) is 19.6. The summed E-state index contributed by atoms with van der Waals surface area (Å²) in [7, 11) is 3.62. The van der Waals surface area contributed by atoms with Gasteiger partial charge in [0.15, 0.2) is 0 Å². The number of benzene rings is 2. The molecule has 0 spiro atoms. The van der Waals surface area contributed by atoms with Gasteiger partial charge in [0.05, 0.1) is 21.4 Å². The minimum Gasteiger partial charge on any atom is -0.337 e. The molecule has 0 N–H and O–H groups in total. The largest absolute Gasteiger partial charge is 0.337 e. The van der Waals surface area contributed by atoms with Crippen molar-refractivity contribution in [3.05, 3.63) is 89.6 Å². The predicted molar refractivity (Wildman–Crippen MR) is 115 cm³/mol. The van der Waals surface area contributed by atoms with Gasteiger partial charge in [-0.25, -0.2) is 0 Å². The molecule has 0 bridgehead atoms. The molecule has 5 nitrogen and oxygen atoms in total. The zero-order valence-electron chi connectivity index (χ0n) is 15.1. The Hall–Kier alpha value is -2.77. The SMILES string of the molecule is CN1C(=c2c(=O)c(=O)c(=C3Sc4ccccc4N3C)c2=O)Sc2ccccc21. The Morgan fingerprint density at radius 2 is 1.00 bits per heavy atom. The van der Waals surface area contributed by atoms with Crippen LogP contribution in [0.25, 0.3) is 10.1 Å². The molecule has 0 aliphatic carbocycles. The number of thioether (sulfide) groups is 2. The summed E-state index contributed by atoms with van der Waals surface area (Å²) < 4.78 is 0. The second-order valence-corrected chi connectivity index (χ2v) is 8.67. The molecule has 0 atom stereocenters. The van der Waals surface area contributed by atoms with E-state index >= 15 is 0 Å². The summed E-state index contributed by atoms with van der Waals surface area (Å²) in [6, 6.07) is 15.4. The first-order valence-corrected chi connectivity index (χ1v) is 10.3. The van der Waals surface area contributed by atoms with Crippen LogP contribution in [-0.2, 0) is 0 Å². The van der Waals surface area contributed by atoms with Crippen molar-refractivity contribution in [3.63, 3.8) is 0 Å². The van der Waals surface area contributed by atoms with Crippen molar-refractivity contribution in [2.45, 2.75) is 9.79 Å². The molecule has 0 aromatic heterocycles. The summed E-state index contributed by atoms with van der Waals surface area (Å²) in [5, 5.41) is 0.981. The van der Waals surface area contributed by atoms with Gasteiger partial charge in [-0.1, -0.05) is 47.8 Å². The van der Waals surface area contributed by atoms with E-state index in [1.807, 2.05) is 72.4 Å². The molecule has 2 heterocycles. The van der Waals surface area contributed by atoms with E-state index in [0.717, 1.165) is 21.2 Å². The van der Waals surface area contributed by atoms with E-state index < -0.39 is 16.3 Å². The van der Waals surface area contributed by atoms with Crippen LogP contribution in [-0.4, -0.2) is 14.1 Å². The maximum atomic E-state index is 13.3. The number of fused-ring (bicyclic) bond motifs is 2. The van der Waals surface area contributed by atoms with Crippen molar-refractivity contribution in [2.75, 3.05) is 23.9 Å². The molecular formula is C21H14N2O3S2. The van der Waals surface area contributed by atoms with Crippen molar-refractivity contribution < 1.29 is 0 Å². The molecule has 0 unspecified atom stereocenters. The molecule has 2 aliphatic heterocycles. The lowest BCUT2D eigenvalue weighted by atomic mass is 10.3. The van der Waals surface area contributed by atoms with Crippen molar-refractivity contribution in [2.24, 2.45) is 0 Å². The number of nitrogens with zero attached hydrogens (tertiary/aromatic N) is 2. The number of anilines is 2. The molecule has 3 aromatic rings. The second-order valence-electron chi connectivity index (χ2n) is 6.61. The summed E-state index contributed by atoms with van der Waals surface area (Å²) in [5.74, 6) is 0. The van der Waals surface area contributed by atoms with Crippen LogP contribution in [0.5, 0.6) is 0 Å². The fourth-order valence-electron chi connectivity index (χ4n) is 3.59. The van der Waals surface area contributed by atoms with Gasteiger partial charge in [-0.2, -0.15) is 0 Å². The summed E-state index contributed by atoms with van der Waals surface area (Å²) >= 11 is 2.70. The fourth-order valence-corrected chi connectivity index (χ4v) is 5.96. The third-order valence-corrected chi connectivity index (χ3v) is 7.49. The molecule has 0 radical (unpaired) electrons. The van der Waals surface area contributed by atoms with E-state index in [9.17, 15) is 14.4 Å². The minimum absolute atomic E-state index is 0.0267. The van der Waals surface area contributed by atoms with Gasteiger partial charge in [-0.05, 0) is 24.3 Å². The van der Waals surface area contributed by atoms with Crippen LogP contribution in [0.15, 0.2) is 72.7 Å². The maximum Gasteiger partial charge on any atom is 0.240 e. The Morgan fingerprint density at radius 1 is 0.607 bits per heavy atom. The fraction of sp³-hybridized carbons (Fsp3) is 0.0952. The quantitative estimate of drug-likeness (QED) is 0.521. The summed E-state index contributed by atoms with van der Waals surface area (Å²) in [6.45, 7) is 0. The van der Waals surface area contributed by atoms with Gasteiger partial charge >= 0.3 is 0 Å². The molecule has 0 fully saturated rings. The Kier molecular flexibility index (Phi) is 3.79. The van der Waals surface area contributed by atoms with E-state index in [0.29, 0.717) is 10.1 Å². The number of hydrogen-bond acceptors (Lipinski definition) is 7. The van der Waals surface area contributed by atoms with Crippen molar-refractivity contribution in [1.29, 1.82) is 0 Å². The van der Waals surface area contributed by atoms with E-state index in [-0.39, 0.29) is 10.4 Å². The van der Waals surface area contributed by atoms with Gasteiger partial charge in [0.1, 0.15) is 10.4 Å². The monoisotopic (exact) mass is 406 g/mol. The van der Waals surface area contributed by atoms with Gasteiger partial charge in [-0.3, -0.25) is 14.4 Å². The molecule has 2 aliphatic rings. The first-order valence-electron chi connectivity index (χ1n) is 8.62. The van der Waals surface area contributed by atoms with Crippen LogP contribution in [0, 0.1) is 0 Å². The number of hydrogen-bond donors (Lipinski definition) is 0. The molecule has 3 aromatic carbocycles. The molecule has 0 saturated heterocycles. The van der Waals surface area contributed by atoms with E-state index in [1.165, 1.54) is 23.5 Å². The van der Waals surface area contributed by atoms with Crippen LogP contribution in [0.4, 0.5) is 11.4 Å². The minimum atomic E-state index is -0.723. The van der Waals surface area contributed by atoms with E-state index in [1.54, 1.807) is 0 Å². The lowest BCUT2D eigenvalue weighted by Gasteiger charge is -2.12. The Balaban J connectivity index is 1.83. The number of para-hydroxylation sites is 2. The van der Waals surface area contributed by atoms with Gasteiger partial charge in [0.2, 0.25) is 16.3 Å². The molecule has 5 rings (SSSR count). The smallest absolute Gasteiger partial charge is 0.240 e. The van der Waals surface area contributed by atoms with E-state index in [2.05, 4.69) is 0 Å². The second kappa shape index (κ2) is 6.12. The van der Waals surface area contributed by atoms with Gasteiger partial charge in [-0.15, -0.1) is 0 Å². The molecule has 28 heavy (non-hydrogen) atoms. The van der Waals surface area contributed by atoms with Crippen molar-refractivity contribution in [1.82, 2.24) is 0 Å². The maximum absolute atomic E-state index is 13.3. The van der Waals surface area contributed by atoms with Crippen LogP contribution in [0.2, 0.25) is 0 Å². The molecular weight excluding hydrogens is 392 g/mol. The van der Waals surface area contributed by atoms with Crippen LogP contribution in [0.3, 0.4) is 0 Å². The third kappa shape index (κ3) is 2.26.